The van der Waals surface area contributed by atoms with E-state index in [-0.39, 0.29) is 32.7 Å². The second-order valence-electron chi connectivity index (χ2n) is 11.9. The maximum atomic E-state index is 9.25. The Labute approximate surface area is 302 Å². The summed E-state index contributed by atoms with van der Waals surface area (Å²) in [5.74, 6) is 0. The zero-order valence-corrected chi connectivity index (χ0v) is 25.7. The maximum Gasteiger partial charge on any atom is 0.135 e. The summed E-state index contributed by atoms with van der Waals surface area (Å²) in [5, 5.41) is 2.78. The topological polar surface area (TPSA) is 13.1 Å². The normalized spacial score (nSPS) is 15.4. The van der Waals surface area contributed by atoms with E-state index in [1.165, 1.54) is 0 Å². The summed E-state index contributed by atoms with van der Waals surface area (Å²) in [6.45, 7) is 0. The summed E-state index contributed by atoms with van der Waals surface area (Å²) in [6, 6.07) is 25.3. The molecule has 0 aliphatic carbocycles. The summed E-state index contributed by atoms with van der Waals surface area (Å²) >= 11 is 0. The lowest BCUT2D eigenvalue weighted by molar-refractivity contribution is 0.669. The Morgan fingerprint density at radius 2 is 0.776 bits per heavy atom. The second kappa shape index (κ2) is 11.1. The molecule has 0 aliphatic rings. The molecule has 1 heterocycles. The van der Waals surface area contributed by atoms with Crippen LogP contribution < -0.4 is 0 Å². The van der Waals surface area contributed by atoms with Crippen LogP contribution in [0.5, 0.6) is 0 Å². The van der Waals surface area contributed by atoms with Crippen molar-refractivity contribution in [2.45, 2.75) is 0 Å². The van der Waals surface area contributed by atoms with Gasteiger partial charge >= 0.3 is 0 Å². The lowest BCUT2D eigenvalue weighted by Crippen LogP contribution is -1.90. The molecule has 10 rings (SSSR count). The number of rotatable bonds is 4. The van der Waals surface area contributed by atoms with E-state index in [0.29, 0.717) is 5.56 Å². The Balaban J connectivity index is 1.22. The monoisotopic (exact) mass is 635 g/mol. The van der Waals surface area contributed by atoms with Crippen molar-refractivity contribution in [2.75, 3.05) is 0 Å². The molecule has 0 atom stereocenters. The number of benzene rings is 9. The summed E-state index contributed by atoms with van der Waals surface area (Å²) in [4.78, 5) is 0. The second-order valence-corrected chi connectivity index (χ2v) is 11.9. The van der Waals surface area contributed by atoms with Crippen molar-refractivity contribution in [3.05, 3.63) is 182 Å². The smallest absolute Gasteiger partial charge is 0.135 e. The summed E-state index contributed by atoms with van der Waals surface area (Å²) in [5.41, 5.74) is 5.28. The largest absolute Gasteiger partial charge is 0.456 e. The predicted molar refractivity (Wildman–Crippen MR) is 208 cm³/mol. The van der Waals surface area contributed by atoms with Crippen molar-refractivity contribution in [1.29, 1.82) is 0 Å². The van der Waals surface area contributed by atoms with Gasteiger partial charge in [0.15, 0.2) is 0 Å². The van der Waals surface area contributed by atoms with E-state index in [1.807, 2.05) is 66.7 Å². The molecule has 0 amide bonds. The van der Waals surface area contributed by atoms with Gasteiger partial charge in [0.1, 0.15) is 11.2 Å². The van der Waals surface area contributed by atoms with Crippen molar-refractivity contribution in [1.82, 2.24) is 0 Å². The molecule has 10 aromatic rings. The Morgan fingerprint density at radius 1 is 0.327 bits per heavy atom. The highest BCUT2D eigenvalue weighted by Crippen LogP contribution is 2.44. The third kappa shape index (κ3) is 4.55. The molecule has 0 unspecified atom stereocenters. The van der Waals surface area contributed by atoms with Crippen LogP contribution in [-0.4, -0.2) is 0 Å². The van der Waals surface area contributed by atoms with Gasteiger partial charge in [-0.25, -0.2) is 0 Å². The van der Waals surface area contributed by atoms with Crippen LogP contribution in [0.1, 0.15) is 17.8 Å². The first-order valence-electron chi connectivity index (χ1n) is 22.3. The van der Waals surface area contributed by atoms with E-state index in [4.69, 9.17) is 16.8 Å². The average Bonchev–Trinajstić information content (AvgIpc) is 3.66. The minimum atomic E-state index is -0.711. The van der Waals surface area contributed by atoms with Crippen LogP contribution in [-0.2, 0) is 0 Å². The van der Waals surface area contributed by atoms with Gasteiger partial charge in [-0.05, 0) is 113 Å². The summed E-state index contributed by atoms with van der Waals surface area (Å²) < 4.78 is 121. The van der Waals surface area contributed by atoms with Crippen LogP contribution >= 0.6 is 0 Å². The molecule has 228 valence electrons. The highest BCUT2D eigenvalue weighted by molar-refractivity contribution is 6.21. The molecular weight excluding hydrogens is 593 g/mol. The number of furan rings is 1. The lowest BCUT2D eigenvalue weighted by atomic mass is 9.85. The maximum absolute atomic E-state index is 9.25. The lowest BCUT2D eigenvalue weighted by Gasteiger charge is -2.18. The molecule has 9 aromatic carbocycles. The van der Waals surface area contributed by atoms with Crippen molar-refractivity contribution < 1.29 is 22.2 Å². The van der Waals surface area contributed by atoms with E-state index >= 15 is 0 Å². The number of hydrogen-bond donors (Lipinski definition) is 0. The predicted octanol–water partition coefficient (Wildman–Crippen LogP) is 13.7. The van der Waals surface area contributed by atoms with Crippen LogP contribution in [0.4, 0.5) is 0 Å². The molecule has 1 aromatic heterocycles. The summed E-state index contributed by atoms with van der Waals surface area (Å²) in [6.07, 6.45) is 0. The molecule has 1 heteroatoms. The first-order valence-corrected chi connectivity index (χ1v) is 15.8. The first-order chi connectivity index (χ1) is 29.7. The van der Waals surface area contributed by atoms with Gasteiger partial charge in [-0.2, -0.15) is 0 Å². The molecule has 1 nitrogen and oxygen atoms in total. The fraction of sp³-hybridized carbons (Fsp3) is 0. The van der Waals surface area contributed by atoms with Gasteiger partial charge in [-0.3, -0.25) is 0 Å². The van der Waals surface area contributed by atoms with E-state index < -0.39 is 84.1 Å². The van der Waals surface area contributed by atoms with Crippen LogP contribution in [0, 0.1) is 0 Å². The molecule has 0 saturated carbocycles. The molecule has 0 bridgehead atoms. The third-order valence-electron chi connectivity index (χ3n) is 9.16. The molecule has 0 saturated heterocycles. The zero-order chi connectivity index (χ0) is 43.6. The van der Waals surface area contributed by atoms with E-state index in [2.05, 4.69) is 24.3 Å². The van der Waals surface area contributed by atoms with Crippen molar-refractivity contribution >= 4 is 54.3 Å². The van der Waals surface area contributed by atoms with Gasteiger partial charge in [0.2, 0.25) is 0 Å². The van der Waals surface area contributed by atoms with Crippen molar-refractivity contribution in [2.24, 2.45) is 0 Å². The summed E-state index contributed by atoms with van der Waals surface area (Å²) in [7, 11) is 0. The Kier molecular flexibility index (Phi) is 3.99. The van der Waals surface area contributed by atoms with Crippen LogP contribution in [0.15, 0.2) is 186 Å². The average molecular weight is 636 g/mol. The standard InChI is InChI=1S/C48H30O/c1-3-11-31(12-4-1)36-23-25-45-43(29-36)44-30-37(24-26-46(44)49-45)34-19-20-35-28-38(22-21-33(35)27-34)48-41-17-9-7-15-39(41)47(32-13-5-2-6-14-32)40-16-8-10-18-42(40)48/h1-30H/i2D,5D,6D,7D,8D,9D,10D,13D,14D,15D,16D,17D,18D. The van der Waals surface area contributed by atoms with Gasteiger partial charge in [-0.1, -0.05) is 145 Å². The van der Waals surface area contributed by atoms with E-state index in [9.17, 15) is 5.48 Å². The minimum absolute atomic E-state index is 0.0863. The van der Waals surface area contributed by atoms with Crippen LogP contribution in [0.25, 0.3) is 98.8 Å². The molecular formula is C48H30O. The third-order valence-corrected chi connectivity index (χ3v) is 9.16. The molecule has 0 aliphatic heterocycles. The SMILES string of the molecule is [2H]c1c([2H])c([2H])c(-c2c3c([2H])c([2H])c([2H])c([2H])c3c(-c3ccc4cc(-c5ccc6oc7ccc(-c8ccccc8)cc7c6c5)ccc4c3)c3c([2H])c([2H])c([2H])c([2H])c23)c([2H])c1[2H]. The highest BCUT2D eigenvalue weighted by Gasteiger charge is 2.17. The number of fused-ring (bicyclic) bond motifs is 6. The molecule has 0 N–H and O–H groups in total. The number of hydrogen-bond acceptors (Lipinski definition) is 1. The fourth-order valence-corrected chi connectivity index (χ4v) is 6.89. The van der Waals surface area contributed by atoms with E-state index in [0.717, 1.165) is 55.0 Å². The molecule has 0 radical (unpaired) electrons. The van der Waals surface area contributed by atoms with Crippen molar-refractivity contribution in [3.63, 3.8) is 0 Å². The minimum Gasteiger partial charge on any atom is -0.456 e. The Bertz CT molecular complexity index is 3510. The molecule has 0 spiro atoms. The fourth-order valence-electron chi connectivity index (χ4n) is 6.89. The van der Waals surface area contributed by atoms with Crippen LogP contribution in [0.2, 0.25) is 0 Å². The quantitative estimate of drug-likeness (QED) is 0.175. The first kappa shape index (κ1) is 17.6. The van der Waals surface area contributed by atoms with Crippen LogP contribution in [0.3, 0.4) is 0 Å². The van der Waals surface area contributed by atoms with Gasteiger partial charge < -0.3 is 4.42 Å². The van der Waals surface area contributed by atoms with Gasteiger partial charge in [0.05, 0.1) is 17.8 Å². The van der Waals surface area contributed by atoms with E-state index in [1.54, 1.807) is 12.1 Å². The molecule has 49 heavy (non-hydrogen) atoms. The van der Waals surface area contributed by atoms with Gasteiger partial charge in [0.25, 0.3) is 0 Å². The van der Waals surface area contributed by atoms with Crippen molar-refractivity contribution in [3.8, 4) is 44.5 Å². The Morgan fingerprint density at radius 3 is 1.37 bits per heavy atom. The highest BCUT2D eigenvalue weighted by atomic mass is 16.3. The van der Waals surface area contributed by atoms with Gasteiger partial charge in [-0.15, -0.1) is 0 Å². The molecule has 0 fully saturated rings. The van der Waals surface area contributed by atoms with Gasteiger partial charge in [0, 0.05) is 10.8 Å². The Hall–Kier alpha value is -6.44. The zero-order valence-electron chi connectivity index (χ0n) is 38.7.